The maximum absolute atomic E-state index is 11.3. The van der Waals surface area contributed by atoms with E-state index in [0.29, 0.717) is 0 Å². The Labute approximate surface area is 85.6 Å². The maximum Gasteiger partial charge on any atom is 0.246 e. The van der Waals surface area contributed by atoms with Gasteiger partial charge in [0.15, 0.2) is 0 Å². The van der Waals surface area contributed by atoms with Gasteiger partial charge in [0.1, 0.15) is 0 Å². The van der Waals surface area contributed by atoms with Gasteiger partial charge < -0.3 is 4.90 Å². The van der Waals surface area contributed by atoms with Crippen molar-refractivity contribution in [3.63, 3.8) is 0 Å². The molecule has 2 nitrogen and oxygen atoms in total. The van der Waals surface area contributed by atoms with Crippen molar-refractivity contribution in [1.82, 2.24) is 4.90 Å². The van der Waals surface area contributed by atoms with Crippen molar-refractivity contribution in [2.24, 2.45) is 0 Å². The smallest absolute Gasteiger partial charge is 0.246 e. The Balaban J connectivity index is 4.43. The maximum atomic E-state index is 11.3. The van der Waals surface area contributed by atoms with Crippen molar-refractivity contribution in [2.45, 2.75) is 38.1 Å². The second kappa shape index (κ2) is 4.66. The van der Waals surface area contributed by atoms with Crippen molar-refractivity contribution in [3.8, 4) is 0 Å². The first-order chi connectivity index (χ1) is 5.81. The minimum Gasteiger partial charge on any atom is -0.337 e. The van der Waals surface area contributed by atoms with E-state index >= 15 is 0 Å². The second-order valence-electron chi connectivity index (χ2n) is 3.90. The molecule has 0 saturated carbocycles. The van der Waals surface area contributed by atoms with Gasteiger partial charge in [0, 0.05) is 18.0 Å². The summed E-state index contributed by atoms with van der Waals surface area (Å²) >= 11 is 5.89. The third-order valence-corrected chi connectivity index (χ3v) is 2.35. The van der Waals surface area contributed by atoms with E-state index in [0.717, 1.165) is 6.42 Å². The minimum absolute atomic E-state index is 0.0649. The molecule has 0 saturated heterocycles. The number of alkyl halides is 1. The number of carbonyl (C=O) groups excluding carboxylic acids is 1. The third kappa shape index (κ3) is 3.81. The van der Waals surface area contributed by atoms with Crippen LogP contribution in [0, 0.1) is 0 Å². The van der Waals surface area contributed by atoms with Gasteiger partial charge in [0.25, 0.3) is 0 Å². The van der Waals surface area contributed by atoms with Crippen LogP contribution >= 0.6 is 11.6 Å². The first-order valence-corrected chi connectivity index (χ1v) is 4.79. The molecule has 0 spiro atoms. The lowest BCUT2D eigenvalue weighted by molar-refractivity contribution is -0.129. The summed E-state index contributed by atoms with van der Waals surface area (Å²) in [5.41, 5.74) is -0.216. The summed E-state index contributed by atoms with van der Waals surface area (Å²) in [6, 6.07) is 0. The first-order valence-electron chi connectivity index (χ1n) is 4.35. The van der Waals surface area contributed by atoms with Gasteiger partial charge in [-0.15, -0.1) is 11.6 Å². The quantitative estimate of drug-likeness (QED) is 0.508. The number of hydrogen-bond donors (Lipinski definition) is 0. The fourth-order valence-corrected chi connectivity index (χ4v) is 1.64. The van der Waals surface area contributed by atoms with E-state index in [9.17, 15) is 4.79 Å². The van der Waals surface area contributed by atoms with Crippen molar-refractivity contribution in [1.29, 1.82) is 0 Å². The molecule has 0 rings (SSSR count). The Morgan fingerprint density at radius 3 is 2.46 bits per heavy atom. The lowest BCUT2D eigenvalue weighted by Gasteiger charge is -2.36. The molecule has 0 aliphatic carbocycles. The molecule has 0 fully saturated rings. The summed E-state index contributed by atoms with van der Waals surface area (Å²) in [5, 5.41) is 0.0649. The van der Waals surface area contributed by atoms with Gasteiger partial charge in [-0.2, -0.15) is 0 Å². The molecule has 76 valence electrons. The van der Waals surface area contributed by atoms with Crippen LogP contribution in [0.3, 0.4) is 0 Å². The fourth-order valence-electron chi connectivity index (χ4n) is 1.26. The van der Waals surface area contributed by atoms with Gasteiger partial charge in [-0.3, -0.25) is 4.79 Å². The molecule has 1 amide bonds. The predicted octanol–water partition coefficient (Wildman–Crippen LogP) is 2.43. The third-order valence-electron chi connectivity index (χ3n) is 2.19. The Hall–Kier alpha value is -0.500. The average molecular weight is 204 g/mol. The molecule has 0 N–H and O–H groups in total. The van der Waals surface area contributed by atoms with Crippen molar-refractivity contribution < 1.29 is 4.79 Å². The molecule has 0 aromatic carbocycles. The largest absolute Gasteiger partial charge is 0.337 e. The average Bonchev–Trinajstić information content (AvgIpc) is 1.99. The molecular weight excluding hydrogens is 186 g/mol. The number of likely N-dealkylation sites (N-methyl/N-ethyl adjacent to an activating group) is 1. The van der Waals surface area contributed by atoms with Crippen molar-refractivity contribution in [2.75, 3.05) is 7.05 Å². The van der Waals surface area contributed by atoms with Crippen LogP contribution in [0.5, 0.6) is 0 Å². The van der Waals surface area contributed by atoms with Crippen LogP contribution in [0.15, 0.2) is 12.7 Å². The van der Waals surface area contributed by atoms with Crippen molar-refractivity contribution in [3.05, 3.63) is 12.7 Å². The van der Waals surface area contributed by atoms with Crippen LogP contribution in [-0.4, -0.2) is 28.8 Å². The van der Waals surface area contributed by atoms with E-state index in [2.05, 4.69) is 6.58 Å². The summed E-state index contributed by atoms with van der Waals surface area (Å²) in [4.78, 5) is 13.0. The van der Waals surface area contributed by atoms with Gasteiger partial charge in [-0.25, -0.2) is 0 Å². The summed E-state index contributed by atoms with van der Waals surface area (Å²) < 4.78 is 0. The summed E-state index contributed by atoms with van der Waals surface area (Å²) in [7, 11) is 1.77. The van der Waals surface area contributed by atoms with E-state index in [1.54, 1.807) is 11.9 Å². The molecular formula is C10H18ClNO. The number of carbonyl (C=O) groups is 1. The monoisotopic (exact) mass is 203 g/mol. The molecule has 1 atom stereocenters. The van der Waals surface area contributed by atoms with Gasteiger partial charge in [-0.05, 0) is 33.3 Å². The van der Waals surface area contributed by atoms with Gasteiger partial charge in [0.05, 0.1) is 0 Å². The lowest BCUT2D eigenvalue weighted by atomic mass is 9.96. The van der Waals surface area contributed by atoms with Crippen LogP contribution in [0.2, 0.25) is 0 Å². The topological polar surface area (TPSA) is 20.3 Å². The summed E-state index contributed by atoms with van der Waals surface area (Å²) in [5.74, 6) is -0.0673. The number of rotatable bonds is 4. The highest BCUT2D eigenvalue weighted by Crippen LogP contribution is 2.21. The van der Waals surface area contributed by atoms with E-state index in [1.165, 1.54) is 6.08 Å². The molecule has 0 radical (unpaired) electrons. The molecule has 1 unspecified atom stereocenters. The molecule has 0 aromatic rings. The van der Waals surface area contributed by atoms with Gasteiger partial charge in [0.2, 0.25) is 5.91 Å². The standard InChI is InChI=1S/C10H18ClNO/c1-6-9(13)12(5)10(3,4)7-8(2)11/h6,8H,1,7H2,2-5H3. The first kappa shape index (κ1) is 12.5. The van der Waals surface area contributed by atoms with E-state index in [1.807, 2.05) is 20.8 Å². The molecule has 3 heteroatoms. The Kier molecular flexibility index (Phi) is 4.48. The van der Waals surface area contributed by atoms with E-state index in [-0.39, 0.29) is 16.8 Å². The van der Waals surface area contributed by atoms with Crippen LogP contribution in [-0.2, 0) is 4.79 Å². The lowest BCUT2D eigenvalue weighted by Crippen LogP contribution is -2.45. The highest BCUT2D eigenvalue weighted by Gasteiger charge is 2.27. The molecule has 13 heavy (non-hydrogen) atoms. The zero-order valence-electron chi connectivity index (χ0n) is 8.80. The molecule has 0 aliphatic heterocycles. The number of hydrogen-bond acceptors (Lipinski definition) is 1. The number of halogens is 1. The van der Waals surface area contributed by atoms with Crippen LogP contribution in [0.25, 0.3) is 0 Å². The molecule has 0 aromatic heterocycles. The second-order valence-corrected chi connectivity index (χ2v) is 4.64. The summed E-state index contributed by atoms with van der Waals surface area (Å²) in [6.45, 7) is 9.36. The van der Waals surface area contributed by atoms with Crippen molar-refractivity contribution >= 4 is 17.5 Å². The predicted molar refractivity (Wildman–Crippen MR) is 57.0 cm³/mol. The van der Waals surface area contributed by atoms with E-state index in [4.69, 9.17) is 11.6 Å². The highest BCUT2D eigenvalue weighted by molar-refractivity contribution is 6.20. The normalized spacial score (nSPS) is 13.6. The SMILES string of the molecule is C=CC(=O)N(C)C(C)(C)CC(C)Cl. The van der Waals surface area contributed by atoms with Crippen LogP contribution in [0.4, 0.5) is 0 Å². The number of amides is 1. The van der Waals surface area contributed by atoms with Gasteiger partial charge >= 0.3 is 0 Å². The Morgan fingerprint density at radius 2 is 2.15 bits per heavy atom. The summed E-state index contributed by atoms with van der Waals surface area (Å²) in [6.07, 6.45) is 2.09. The number of nitrogens with zero attached hydrogens (tertiary/aromatic N) is 1. The molecule has 0 heterocycles. The Bertz CT molecular complexity index is 199. The fraction of sp³-hybridized carbons (Fsp3) is 0.700. The molecule has 0 aliphatic rings. The van der Waals surface area contributed by atoms with Gasteiger partial charge in [-0.1, -0.05) is 6.58 Å². The Morgan fingerprint density at radius 1 is 1.69 bits per heavy atom. The highest BCUT2D eigenvalue weighted by atomic mass is 35.5. The molecule has 0 bridgehead atoms. The van der Waals surface area contributed by atoms with Crippen LogP contribution < -0.4 is 0 Å². The minimum atomic E-state index is -0.216. The zero-order valence-corrected chi connectivity index (χ0v) is 9.56. The van der Waals surface area contributed by atoms with Crippen LogP contribution in [0.1, 0.15) is 27.2 Å². The van der Waals surface area contributed by atoms with E-state index < -0.39 is 0 Å². The zero-order chi connectivity index (χ0) is 10.6.